The SMILES string of the molecule is O=C(CCN1C(=O)CCc2cc(F)ccc21)NC1CCC(CO)CC1. The smallest absolute Gasteiger partial charge is 0.227 e. The fourth-order valence-corrected chi connectivity index (χ4v) is 3.78. The maximum atomic E-state index is 13.4. The minimum atomic E-state index is -0.302. The van der Waals surface area contributed by atoms with E-state index in [1.165, 1.54) is 12.1 Å². The van der Waals surface area contributed by atoms with Crippen molar-refractivity contribution < 1.29 is 19.1 Å². The monoisotopic (exact) mass is 348 g/mol. The summed E-state index contributed by atoms with van der Waals surface area (Å²) in [4.78, 5) is 26.0. The first kappa shape index (κ1) is 17.9. The summed E-state index contributed by atoms with van der Waals surface area (Å²) in [5.41, 5.74) is 1.54. The van der Waals surface area contributed by atoms with Crippen LogP contribution in [0.15, 0.2) is 18.2 Å². The lowest BCUT2D eigenvalue weighted by Gasteiger charge is -2.30. The van der Waals surface area contributed by atoms with Gasteiger partial charge in [0.2, 0.25) is 11.8 Å². The van der Waals surface area contributed by atoms with E-state index in [0.717, 1.165) is 31.2 Å². The fourth-order valence-electron chi connectivity index (χ4n) is 3.78. The topological polar surface area (TPSA) is 69.6 Å². The average molecular weight is 348 g/mol. The molecule has 1 aromatic carbocycles. The normalized spacial score (nSPS) is 23.3. The van der Waals surface area contributed by atoms with Crippen LogP contribution < -0.4 is 10.2 Å². The molecule has 1 fully saturated rings. The first-order valence-electron chi connectivity index (χ1n) is 9.06. The number of anilines is 1. The van der Waals surface area contributed by atoms with Crippen molar-refractivity contribution in [3.8, 4) is 0 Å². The van der Waals surface area contributed by atoms with Crippen molar-refractivity contribution in [2.45, 2.75) is 51.0 Å². The molecule has 0 unspecified atom stereocenters. The summed E-state index contributed by atoms with van der Waals surface area (Å²) in [6.45, 7) is 0.535. The Bertz CT molecular complexity index is 642. The Balaban J connectivity index is 1.53. The number of aliphatic hydroxyl groups is 1. The standard InChI is InChI=1S/C19H25FN2O3/c20-15-4-7-17-14(11-15)3-8-19(25)22(17)10-9-18(24)21-16-5-1-13(12-23)2-6-16/h4,7,11,13,16,23H,1-3,5-6,8-10,12H2,(H,21,24). The molecule has 1 aromatic rings. The number of nitrogens with zero attached hydrogens (tertiary/aromatic N) is 1. The van der Waals surface area contributed by atoms with E-state index in [1.807, 2.05) is 0 Å². The number of carbonyl (C=O) groups excluding carboxylic acids is 2. The largest absolute Gasteiger partial charge is 0.396 e. The van der Waals surface area contributed by atoms with Crippen molar-refractivity contribution in [2.24, 2.45) is 5.92 Å². The molecule has 5 nitrogen and oxygen atoms in total. The maximum absolute atomic E-state index is 13.4. The van der Waals surface area contributed by atoms with E-state index in [2.05, 4.69) is 5.32 Å². The van der Waals surface area contributed by atoms with Gasteiger partial charge in [-0.2, -0.15) is 0 Å². The Kier molecular flexibility index (Phi) is 5.68. The second-order valence-electron chi connectivity index (χ2n) is 7.04. The molecule has 0 radical (unpaired) electrons. The summed E-state index contributed by atoms with van der Waals surface area (Å²) in [6.07, 6.45) is 4.79. The number of carbonyl (C=O) groups is 2. The van der Waals surface area contributed by atoms with Crippen LogP contribution in [0, 0.1) is 11.7 Å². The van der Waals surface area contributed by atoms with Crippen molar-refractivity contribution in [3.05, 3.63) is 29.6 Å². The lowest BCUT2D eigenvalue weighted by atomic mass is 9.86. The average Bonchev–Trinajstić information content (AvgIpc) is 2.61. The number of amides is 2. The highest BCUT2D eigenvalue weighted by Crippen LogP contribution is 2.28. The number of fused-ring (bicyclic) bond motifs is 1. The molecule has 25 heavy (non-hydrogen) atoms. The van der Waals surface area contributed by atoms with E-state index >= 15 is 0 Å². The molecule has 1 aliphatic heterocycles. The van der Waals surface area contributed by atoms with Gasteiger partial charge in [0.1, 0.15) is 5.82 Å². The highest BCUT2D eigenvalue weighted by atomic mass is 19.1. The molecule has 1 saturated carbocycles. The molecular formula is C19H25FN2O3. The zero-order chi connectivity index (χ0) is 17.8. The van der Waals surface area contributed by atoms with Gasteiger partial charge >= 0.3 is 0 Å². The molecular weight excluding hydrogens is 323 g/mol. The Morgan fingerprint density at radius 2 is 2.00 bits per heavy atom. The van der Waals surface area contributed by atoms with Gasteiger partial charge in [-0.3, -0.25) is 9.59 Å². The number of aliphatic hydroxyl groups excluding tert-OH is 1. The minimum absolute atomic E-state index is 0.0182. The highest BCUT2D eigenvalue weighted by molar-refractivity contribution is 5.97. The van der Waals surface area contributed by atoms with Crippen LogP contribution in [0.25, 0.3) is 0 Å². The third kappa shape index (κ3) is 4.37. The fraction of sp³-hybridized carbons (Fsp3) is 0.579. The highest BCUT2D eigenvalue weighted by Gasteiger charge is 2.26. The minimum Gasteiger partial charge on any atom is -0.396 e. The Morgan fingerprint density at radius 3 is 2.72 bits per heavy atom. The van der Waals surface area contributed by atoms with Crippen LogP contribution >= 0.6 is 0 Å². The van der Waals surface area contributed by atoms with E-state index in [-0.39, 0.29) is 36.7 Å². The Labute approximate surface area is 147 Å². The van der Waals surface area contributed by atoms with Crippen molar-refractivity contribution in [3.63, 3.8) is 0 Å². The van der Waals surface area contributed by atoms with Gasteiger partial charge in [-0.1, -0.05) is 0 Å². The van der Waals surface area contributed by atoms with E-state index < -0.39 is 0 Å². The molecule has 0 bridgehead atoms. The molecule has 0 atom stereocenters. The number of nitrogens with one attached hydrogen (secondary N) is 1. The van der Waals surface area contributed by atoms with Gasteiger partial charge in [0, 0.05) is 37.7 Å². The molecule has 6 heteroatoms. The Hall–Kier alpha value is -1.95. The number of hydrogen-bond donors (Lipinski definition) is 2. The van der Waals surface area contributed by atoms with Crippen molar-refractivity contribution in [1.29, 1.82) is 0 Å². The first-order chi connectivity index (χ1) is 12.1. The van der Waals surface area contributed by atoms with E-state index in [9.17, 15) is 14.0 Å². The quantitative estimate of drug-likeness (QED) is 0.857. The van der Waals surface area contributed by atoms with Gasteiger partial charge in [0.15, 0.2) is 0 Å². The van der Waals surface area contributed by atoms with Crippen LogP contribution in [0.1, 0.15) is 44.1 Å². The summed E-state index contributed by atoms with van der Waals surface area (Å²) in [5.74, 6) is -0.0230. The third-order valence-electron chi connectivity index (χ3n) is 5.27. The predicted molar refractivity (Wildman–Crippen MR) is 92.7 cm³/mol. The van der Waals surface area contributed by atoms with Gasteiger partial charge in [-0.15, -0.1) is 0 Å². The van der Waals surface area contributed by atoms with E-state index in [1.54, 1.807) is 11.0 Å². The number of hydrogen-bond acceptors (Lipinski definition) is 3. The van der Waals surface area contributed by atoms with Crippen molar-refractivity contribution >= 4 is 17.5 Å². The number of rotatable bonds is 5. The van der Waals surface area contributed by atoms with Crippen LogP contribution in [0.5, 0.6) is 0 Å². The molecule has 0 spiro atoms. The van der Waals surface area contributed by atoms with Crippen LogP contribution in [-0.4, -0.2) is 36.1 Å². The van der Waals surface area contributed by atoms with E-state index in [4.69, 9.17) is 5.11 Å². The lowest BCUT2D eigenvalue weighted by Crippen LogP contribution is -2.41. The molecule has 1 aliphatic carbocycles. The summed E-state index contributed by atoms with van der Waals surface area (Å²) in [6, 6.07) is 4.60. The molecule has 136 valence electrons. The molecule has 1 heterocycles. The second kappa shape index (κ2) is 7.95. The van der Waals surface area contributed by atoms with Gasteiger partial charge in [-0.25, -0.2) is 4.39 Å². The van der Waals surface area contributed by atoms with Crippen molar-refractivity contribution in [1.82, 2.24) is 5.32 Å². The Morgan fingerprint density at radius 1 is 1.24 bits per heavy atom. The van der Waals surface area contributed by atoms with Crippen LogP contribution in [0.2, 0.25) is 0 Å². The number of halogens is 1. The molecule has 0 saturated heterocycles. The van der Waals surface area contributed by atoms with Gasteiger partial charge in [-0.05, 0) is 61.8 Å². The molecule has 0 aromatic heterocycles. The van der Waals surface area contributed by atoms with Crippen molar-refractivity contribution in [2.75, 3.05) is 18.1 Å². The molecule has 2 amide bonds. The predicted octanol–water partition coefficient (Wildman–Crippen LogP) is 2.16. The summed E-state index contributed by atoms with van der Waals surface area (Å²) >= 11 is 0. The van der Waals surface area contributed by atoms with Crippen LogP contribution in [-0.2, 0) is 16.0 Å². The number of benzene rings is 1. The lowest BCUT2D eigenvalue weighted by molar-refractivity contribution is -0.122. The van der Waals surface area contributed by atoms with E-state index in [0.29, 0.717) is 31.0 Å². The van der Waals surface area contributed by atoms with Gasteiger partial charge < -0.3 is 15.3 Å². The summed E-state index contributed by atoms with van der Waals surface area (Å²) in [7, 11) is 0. The second-order valence-corrected chi connectivity index (χ2v) is 7.04. The zero-order valence-corrected chi connectivity index (χ0v) is 14.3. The number of aryl methyl sites for hydroxylation is 1. The summed E-state index contributed by atoms with van der Waals surface area (Å²) in [5, 5.41) is 12.2. The molecule has 2 aliphatic rings. The zero-order valence-electron chi connectivity index (χ0n) is 14.3. The van der Waals surface area contributed by atoms with Gasteiger partial charge in [0.25, 0.3) is 0 Å². The molecule has 2 N–H and O–H groups in total. The van der Waals surface area contributed by atoms with Crippen LogP contribution in [0.4, 0.5) is 10.1 Å². The van der Waals surface area contributed by atoms with Crippen LogP contribution in [0.3, 0.4) is 0 Å². The first-order valence-corrected chi connectivity index (χ1v) is 9.06. The third-order valence-corrected chi connectivity index (χ3v) is 5.27. The molecule has 3 rings (SSSR count). The maximum Gasteiger partial charge on any atom is 0.227 e. The summed E-state index contributed by atoms with van der Waals surface area (Å²) < 4.78 is 13.4. The van der Waals surface area contributed by atoms with Gasteiger partial charge in [0.05, 0.1) is 0 Å².